The molecule has 1 heterocycles. The van der Waals surface area contributed by atoms with E-state index in [1.807, 2.05) is 0 Å². The molecule has 4 atom stereocenters. The van der Waals surface area contributed by atoms with Crippen LogP contribution in [0.5, 0.6) is 0 Å². The molecule has 0 unspecified atom stereocenters. The smallest absolute Gasteiger partial charge is 0.451 e. The predicted molar refractivity (Wildman–Crippen MR) is 82.3 cm³/mol. The van der Waals surface area contributed by atoms with Gasteiger partial charge in [0.2, 0.25) is 0 Å². The molecule has 10 nitrogen and oxygen atoms in total. The second kappa shape index (κ2) is 6.63. The quantitative estimate of drug-likeness (QED) is 0.249. The van der Waals surface area contributed by atoms with Crippen LogP contribution in [0.4, 0.5) is 0 Å². The molecule has 0 aromatic rings. The molecule has 2 fully saturated rings. The maximum absolute atomic E-state index is 12.3. The lowest BCUT2D eigenvalue weighted by Gasteiger charge is -2.25. The van der Waals surface area contributed by atoms with Crippen LogP contribution in [0.3, 0.4) is 0 Å². The SMILES string of the molecule is N[C@H]1C[C@@H]1NS(=O)(=O)N1C[C@H](CCCB(O)O)[C@](N)(C(=O)O)C1. The van der Waals surface area contributed by atoms with Gasteiger partial charge in [-0.3, -0.25) is 4.79 Å². The van der Waals surface area contributed by atoms with Gasteiger partial charge in [-0.15, -0.1) is 0 Å². The second-order valence-electron chi connectivity index (χ2n) is 6.38. The van der Waals surface area contributed by atoms with Crippen LogP contribution in [0.2, 0.25) is 6.32 Å². The Kier molecular flexibility index (Phi) is 5.35. The lowest BCUT2D eigenvalue weighted by molar-refractivity contribution is -0.144. The van der Waals surface area contributed by atoms with Crippen molar-refractivity contribution in [2.75, 3.05) is 13.1 Å². The molecule has 132 valence electrons. The lowest BCUT2D eigenvalue weighted by Crippen LogP contribution is -2.55. The Morgan fingerprint density at radius 1 is 1.43 bits per heavy atom. The van der Waals surface area contributed by atoms with E-state index in [2.05, 4.69) is 4.72 Å². The highest BCUT2D eigenvalue weighted by Crippen LogP contribution is 2.32. The average molecular weight is 350 g/mol. The zero-order valence-corrected chi connectivity index (χ0v) is 13.4. The van der Waals surface area contributed by atoms with E-state index in [0.717, 1.165) is 4.31 Å². The molecule has 0 spiro atoms. The summed E-state index contributed by atoms with van der Waals surface area (Å²) in [5, 5.41) is 27.1. The molecular weight excluding hydrogens is 327 g/mol. The van der Waals surface area contributed by atoms with Gasteiger partial charge in [-0.2, -0.15) is 17.4 Å². The van der Waals surface area contributed by atoms with Crippen LogP contribution in [0.25, 0.3) is 0 Å². The molecule has 1 saturated heterocycles. The number of nitrogens with one attached hydrogen (secondary N) is 1. The van der Waals surface area contributed by atoms with Crippen LogP contribution in [-0.4, -0.2) is 71.7 Å². The minimum atomic E-state index is -3.85. The van der Waals surface area contributed by atoms with Gasteiger partial charge >= 0.3 is 13.1 Å². The van der Waals surface area contributed by atoms with Crippen molar-refractivity contribution in [2.24, 2.45) is 17.4 Å². The van der Waals surface area contributed by atoms with E-state index in [1.165, 1.54) is 0 Å². The first kappa shape index (κ1) is 18.6. The summed E-state index contributed by atoms with van der Waals surface area (Å²) in [6, 6.07) is -0.531. The number of carbonyl (C=O) groups is 1. The number of hydrogen-bond donors (Lipinski definition) is 6. The standard InChI is InChI=1S/C11H23BN4O6S/c13-8-4-9(8)15-23(21,22)16-5-7(2-1-3-12(19)20)11(14,6-16)10(17)18/h7-9,15,19-20H,1-6,13-14H2,(H,17,18)/t7-,8-,9-,11-/m0/s1. The molecule has 0 bridgehead atoms. The highest BCUT2D eigenvalue weighted by Gasteiger charge is 2.53. The van der Waals surface area contributed by atoms with Gasteiger partial charge in [0, 0.05) is 31.1 Å². The van der Waals surface area contributed by atoms with Crippen LogP contribution in [0.1, 0.15) is 19.3 Å². The van der Waals surface area contributed by atoms with E-state index in [9.17, 15) is 18.3 Å². The first-order valence-electron chi connectivity index (χ1n) is 7.47. The van der Waals surface area contributed by atoms with E-state index < -0.39 is 34.8 Å². The number of nitrogens with zero attached hydrogens (tertiary/aromatic N) is 1. The number of aliphatic carboxylic acids is 1. The second-order valence-corrected chi connectivity index (χ2v) is 8.08. The van der Waals surface area contributed by atoms with E-state index in [1.54, 1.807) is 0 Å². The van der Waals surface area contributed by atoms with Gasteiger partial charge in [0.15, 0.2) is 0 Å². The van der Waals surface area contributed by atoms with Crippen LogP contribution in [0.15, 0.2) is 0 Å². The Morgan fingerprint density at radius 3 is 2.52 bits per heavy atom. The molecule has 12 heteroatoms. The molecule has 2 rings (SSSR count). The Bertz CT molecular complexity index is 561. The Morgan fingerprint density at radius 2 is 2.04 bits per heavy atom. The average Bonchev–Trinajstić information content (AvgIpc) is 2.96. The molecule has 0 radical (unpaired) electrons. The van der Waals surface area contributed by atoms with Gasteiger partial charge in [0.25, 0.3) is 10.2 Å². The van der Waals surface area contributed by atoms with Gasteiger partial charge in [-0.1, -0.05) is 6.42 Å². The van der Waals surface area contributed by atoms with Crippen LogP contribution in [0, 0.1) is 5.92 Å². The zero-order chi connectivity index (χ0) is 17.4. The summed E-state index contributed by atoms with van der Waals surface area (Å²) in [6.07, 6.45) is 1.25. The summed E-state index contributed by atoms with van der Waals surface area (Å²) in [6.45, 7) is -0.354. The topological polar surface area (TPSA) is 179 Å². The third kappa shape index (κ3) is 4.21. The predicted octanol–water partition coefficient (Wildman–Crippen LogP) is -3.11. The first-order valence-corrected chi connectivity index (χ1v) is 8.91. The zero-order valence-electron chi connectivity index (χ0n) is 12.6. The summed E-state index contributed by atoms with van der Waals surface area (Å²) in [4.78, 5) is 11.5. The van der Waals surface area contributed by atoms with E-state index >= 15 is 0 Å². The minimum Gasteiger partial charge on any atom is -0.480 e. The molecule has 1 aliphatic heterocycles. The van der Waals surface area contributed by atoms with Gasteiger partial charge < -0.3 is 26.6 Å². The fourth-order valence-electron chi connectivity index (χ4n) is 2.83. The molecule has 8 N–H and O–H groups in total. The first-order chi connectivity index (χ1) is 10.6. The Hall–Kier alpha value is -0.755. The van der Waals surface area contributed by atoms with Crippen LogP contribution < -0.4 is 16.2 Å². The van der Waals surface area contributed by atoms with Gasteiger partial charge in [-0.05, 0) is 19.2 Å². The van der Waals surface area contributed by atoms with Crippen molar-refractivity contribution in [3.63, 3.8) is 0 Å². The van der Waals surface area contributed by atoms with Crippen molar-refractivity contribution in [2.45, 2.75) is 43.2 Å². The van der Waals surface area contributed by atoms with Gasteiger partial charge in [0.05, 0.1) is 0 Å². The van der Waals surface area contributed by atoms with E-state index in [-0.39, 0.29) is 37.9 Å². The summed E-state index contributed by atoms with van der Waals surface area (Å²) < 4.78 is 28.1. The Balaban J connectivity index is 2.05. The number of carboxylic acids is 1. The van der Waals surface area contributed by atoms with E-state index in [0.29, 0.717) is 12.8 Å². The molecule has 1 aliphatic carbocycles. The maximum atomic E-state index is 12.3. The summed E-state index contributed by atoms with van der Waals surface area (Å²) in [5.41, 5.74) is 9.83. The highest BCUT2D eigenvalue weighted by atomic mass is 32.2. The summed E-state index contributed by atoms with van der Waals surface area (Å²) in [7, 11) is -5.33. The van der Waals surface area contributed by atoms with Gasteiger partial charge in [0.1, 0.15) is 5.54 Å². The van der Waals surface area contributed by atoms with Crippen molar-refractivity contribution in [1.29, 1.82) is 0 Å². The number of hydrogen-bond acceptors (Lipinski definition) is 7. The van der Waals surface area contributed by atoms with Crippen molar-refractivity contribution in [3.05, 3.63) is 0 Å². The molecule has 0 amide bonds. The Labute approximate surface area is 135 Å². The van der Waals surface area contributed by atoms with Crippen molar-refractivity contribution in [1.82, 2.24) is 9.03 Å². The van der Waals surface area contributed by atoms with Crippen LogP contribution >= 0.6 is 0 Å². The fraction of sp³-hybridized carbons (Fsp3) is 0.909. The molecular formula is C11H23BN4O6S. The van der Waals surface area contributed by atoms with E-state index in [4.69, 9.17) is 21.5 Å². The number of carboxylic acid groups (broad SMARTS) is 1. The largest absolute Gasteiger partial charge is 0.480 e. The summed E-state index contributed by atoms with van der Waals surface area (Å²) >= 11 is 0. The third-order valence-corrected chi connectivity index (χ3v) is 6.04. The molecule has 0 aromatic carbocycles. The molecule has 2 aliphatic rings. The molecule has 1 saturated carbocycles. The third-order valence-electron chi connectivity index (χ3n) is 4.48. The van der Waals surface area contributed by atoms with Crippen molar-refractivity contribution in [3.8, 4) is 0 Å². The number of nitrogens with two attached hydrogens (primary N) is 2. The monoisotopic (exact) mass is 350 g/mol. The lowest BCUT2D eigenvalue weighted by atomic mass is 9.78. The summed E-state index contributed by atoms with van der Waals surface area (Å²) in [5.74, 6) is -1.88. The van der Waals surface area contributed by atoms with Crippen molar-refractivity contribution >= 4 is 23.3 Å². The molecule has 23 heavy (non-hydrogen) atoms. The highest BCUT2D eigenvalue weighted by molar-refractivity contribution is 7.87. The molecule has 0 aromatic heterocycles. The maximum Gasteiger partial charge on any atom is 0.451 e. The van der Waals surface area contributed by atoms with Crippen molar-refractivity contribution < 1.29 is 28.4 Å². The normalized spacial score (nSPS) is 34.5. The minimum absolute atomic E-state index is 0.0262. The van der Waals surface area contributed by atoms with Crippen LogP contribution in [-0.2, 0) is 15.0 Å². The fourth-order valence-corrected chi connectivity index (χ4v) is 4.39. The number of rotatable bonds is 8. The van der Waals surface area contributed by atoms with Gasteiger partial charge in [-0.25, -0.2) is 0 Å².